The maximum Gasteiger partial charge on any atom is 0.124 e. The predicted octanol–water partition coefficient (Wildman–Crippen LogP) is 5.44. The molecule has 0 saturated carbocycles. The molecule has 92 valence electrons. The van der Waals surface area contributed by atoms with E-state index in [9.17, 15) is 4.39 Å². The number of hydrogen-bond donors (Lipinski definition) is 0. The highest BCUT2D eigenvalue weighted by molar-refractivity contribution is 9.10. The van der Waals surface area contributed by atoms with Crippen LogP contribution in [-0.2, 0) is 0 Å². The molecule has 0 fully saturated rings. The monoisotopic (exact) mass is 296 g/mol. The predicted molar refractivity (Wildman–Crippen MR) is 73.6 cm³/mol. The van der Waals surface area contributed by atoms with Crippen LogP contribution >= 0.6 is 15.9 Å². The molecule has 1 aliphatic rings. The van der Waals surface area contributed by atoms with Gasteiger partial charge in [0, 0.05) is 10.4 Å². The lowest BCUT2D eigenvalue weighted by Gasteiger charge is -2.32. The lowest BCUT2D eigenvalue weighted by Crippen LogP contribution is -2.18. The third-order valence-electron chi connectivity index (χ3n) is 3.53. The molecule has 0 saturated heterocycles. The molecule has 0 bridgehead atoms. The van der Waals surface area contributed by atoms with Gasteiger partial charge in [-0.05, 0) is 48.9 Å². The fourth-order valence-electron chi connectivity index (χ4n) is 2.74. The van der Waals surface area contributed by atoms with Gasteiger partial charge < -0.3 is 0 Å². The van der Waals surface area contributed by atoms with Crippen molar-refractivity contribution in [2.45, 2.75) is 39.5 Å². The first kappa shape index (κ1) is 12.8. The highest BCUT2D eigenvalue weighted by Crippen LogP contribution is 2.41. The van der Waals surface area contributed by atoms with E-state index in [0.29, 0.717) is 5.92 Å². The van der Waals surface area contributed by atoms with Crippen molar-refractivity contribution >= 4 is 15.9 Å². The van der Waals surface area contributed by atoms with E-state index in [1.165, 1.54) is 11.6 Å². The van der Waals surface area contributed by atoms with E-state index in [-0.39, 0.29) is 11.2 Å². The first-order valence-electron chi connectivity index (χ1n) is 6.03. The van der Waals surface area contributed by atoms with Crippen molar-refractivity contribution < 1.29 is 4.39 Å². The van der Waals surface area contributed by atoms with Gasteiger partial charge in [0.2, 0.25) is 0 Å². The molecule has 17 heavy (non-hydrogen) atoms. The molecule has 0 aromatic heterocycles. The van der Waals surface area contributed by atoms with Gasteiger partial charge in [-0.25, -0.2) is 4.39 Å². The number of benzene rings is 1. The van der Waals surface area contributed by atoms with Crippen LogP contribution in [0.2, 0.25) is 0 Å². The van der Waals surface area contributed by atoms with Crippen LogP contribution in [0.15, 0.2) is 34.3 Å². The second-order valence-electron chi connectivity index (χ2n) is 5.67. The van der Waals surface area contributed by atoms with Gasteiger partial charge in [0.1, 0.15) is 5.82 Å². The Bertz CT molecular complexity index is 440. The summed E-state index contributed by atoms with van der Waals surface area (Å²) in [6.07, 6.45) is 4.59. The molecule has 0 radical (unpaired) electrons. The maximum atomic E-state index is 13.4. The first-order valence-corrected chi connectivity index (χ1v) is 6.82. The average molecular weight is 297 g/mol. The van der Waals surface area contributed by atoms with Gasteiger partial charge in [-0.3, -0.25) is 0 Å². The summed E-state index contributed by atoms with van der Waals surface area (Å²) in [4.78, 5) is 0. The van der Waals surface area contributed by atoms with Crippen LogP contribution in [0, 0.1) is 11.2 Å². The van der Waals surface area contributed by atoms with E-state index in [4.69, 9.17) is 0 Å². The molecule has 1 aliphatic carbocycles. The van der Waals surface area contributed by atoms with Crippen molar-refractivity contribution in [2.24, 2.45) is 5.41 Å². The van der Waals surface area contributed by atoms with Crippen LogP contribution in [0.4, 0.5) is 4.39 Å². The van der Waals surface area contributed by atoms with Crippen LogP contribution in [0.25, 0.3) is 0 Å². The Morgan fingerprint density at radius 1 is 1.29 bits per heavy atom. The minimum Gasteiger partial charge on any atom is -0.207 e. The summed E-state index contributed by atoms with van der Waals surface area (Å²) in [5.41, 5.74) is 2.73. The highest BCUT2D eigenvalue weighted by atomic mass is 79.9. The summed E-state index contributed by atoms with van der Waals surface area (Å²) in [5.74, 6) is 0.210. The maximum absolute atomic E-state index is 13.4. The molecule has 2 heteroatoms. The number of allylic oxidation sites excluding steroid dienone is 2. The SMILES string of the molecule is CC1=CC(C)(C)CCC1c1cc(F)cc(Br)c1. The summed E-state index contributed by atoms with van der Waals surface area (Å²) in [6.45, 7) is 6.67. The Morgan fingerprint density at radius 2 is 2.00 bits per heavy atom. The lowest BCUT2D eigenvalue weighted by atomic mass is 9.73. The van der Waals surface area contributed by atoms with Crippen LogP contribution < -0.4 is 0 Å². The normalized spacial score (nSPS) is 23.4. The van der Waals surface area contributed by atoms with Crippen LogP contribution in [0.5, 0.6) is 0 Å². The second-order valence-corrected chi connectivity index (χ2v) is 6.59. The van der Waals surface area contributed by atoms with Gasteiger partial charge in [0.05, 0.1) is 0 Å². The zero-order chi connectivity index (χ0) is 12.6. The zero-order valence-electron chi connectivity index (χ0n) is 10.6. The van der Waals surface area contributed by atoms with Crippen LogP contribution in [-0.4, -0.2) is 0 Å². The third kappa shape index (κ3) is 2.98. The van der Waals surface area contributed by atoms with E-state index in [1.54, 1.807) is 6.07 Å². The Balaban J connectivity index is 2.35. The summed E-state index contributed by atoms with van der Waals surface area (Å²) in [7, 11) is 0. The molecule has 0 aliphatic heterocycles. The zero-order valence-corrected chi connectivity index (χ0v) is 12.1. The standard InChI is InChI=1S/C15H18BrF/c1-10-9-15(2,3)5-4-14(10)11-6-12(16)8-13(17)7-11/h6-9,14H,4-5H2,1-3H3. The molecule has 0 nitrogen and oxygen atoms in total. The van der Waals surface area contributed by atoms with Gasteiger partial charge in [0.15, 0.2) is 0 Å². The molecule has 1 atom stereocenters. The van der Waals surface area contributed by atoms with E-state index in [0.717, 1.165) is 22.9 Å². The Kier molecular flexibility index (Phi) is 3.44. The van der Waals surface area contributed by atoms with Crippen molar-refractivity contribution in [1.29, 1.82) is 0 Å². The number of rotatable bonds is 1. The van der Waals surface area contributed by atoms with Gasteiger partial charge in [-0.2, -0.15) is 0 Å². The molecular formula is C15H18BrF. The molecular weight excluding hydrogens is 279 g/mol. The van der Waals surface area contributed by atoms with Gasteiger partial charge >= 0.3 is 0 Å². The van der Waals surface area contributed by atoms with Crippen molar-refractivity contribution in [3.8, 4) is 0 Å². The average Bonchev–Trinajstić information content (AvgIpc) is 2.13. The Hall–Kier alpha value is -0.630. The van der Waals surface area contributed by atoms with Crippen LogP contribution in [0.1, 0.15) is 45.1 Å². The summed E-state index contributed by atoms with van der Waals surface area (Å²) in [6, 6.07) is 5.20. The third-order valence-corrected chi connectivity index (χ3v) is 3.99. The molecule has 1 aromatic rings. The topological polar surface area (TPSA) is 0 Å². The fraction of sp³-hybridized carbons (Fsp3) is 0.467. The van der Waals surface area contributed by atoms with E-state index in [2.05, 4.69) is 42.8 Å². The van der Waals surface area contributed by atoms with Gasteiger partial charge in [-0.1, -0.05) is 41.4 Å². The van der Waals surface area contributed by atoms with Crippen molar-refractivity contribution in [3.05, 3.63) is 45.7 Å². The molecule has 0 heterocycles. The largest absolute Gasteiger partial charge is 0.207 e. The van der Waals surface area contributed by atoms with Crippen molar-refractivity contribution in [3.63, 3.8) is 0 Å². The Labute approximate surface area is 111 Å². The lowest BCUT2D eigenvalue weighted by molar-refractivity contribution is 0.379. The Morgan fingerprint density at radius 3 is 2.59 bits per heavy atom. The quantitative estimate of drug-likeness (QED) is 0.606. The summed E-state index contributed by atoms with van der Waals surface area (Å²) < 4.78 is 14.2. The van der Waals surface area contributed by atoms with Crippen molar-refractivity contribution in [2.75, 3.05) is 0 Å². The minimum atomic E-state index is -0.160. The molecule has 0 N–H and O–H groups in total. The molecule has 0 spiro atoms. The smallest absolute Gasteiger partial charge is 0.124 e. The van der Waals surface area contributed by atoms with Gasteiger partial charge in [0.25, 0.3) is 0 Å². The number of halogens is 2. The molecule has 2 rings (SSSR count). The van der Waals surface area contributed by atoms with Crippen molar-refractivity contribution in [1.82, 2.24) is 0 Å². The highest BCUT2D eigenvalue weighted by Gasteiger charge is 2.26. The minimum absolute atomic E-state index is 0.160. The summed E-state index contributed by atoms with van der Waals surface area (Å²) in [5, 5.41) is 0. The number of hydrogen-bond acceptors (Lipinski definition) is 0. The molecule has 1 aromatic carbocycles. The second kappa shape index (κ2) is 4.56. The molecule has 0 amide bonds. The first-order chi connectivity index (χ1) is 7.87. The molecule has 1 unspecified atom stereocenters. The summed E-state index contributed by atoms with van der Waals surface area (Å²) >= 11 is 3.36. The van der Waals surface area contributed by atoms with Crippen LogP contribution in [0.3, 0.4) is 0 Å². The fourth-order valence-corrected chi connectivity index (χ4v) is 3.22. The van der Waals surface area contributed by atoms with E-state index < -0.39 is 0 Å². The van der Waals surface area contributed by atoms with E-state index in [1.807, 2.05) is 6.07 Å². The van der Waals surface area contributed by atoms with Gasteiger partial charge in [-0.15, -0.1) is 0 Å². The van der Waals surface area contributed by atoms with E-state index >= 15 is 0 Å².